The summed E-state index contributed by atoms with van der Waals surface area (Å²) in [5, 5.41) is 2.85. The highest BCUT2D eigenvalue weighted by Crippen LogP contribution is 2.29. The SMILES string of the molecule is Cc1ccc(NC(=O)C2CCN(c3cc(C)ccc3C)C2=O)cc1. The van der Waals surface area contributed by atoms with E-state index in [9.17, 15) is 9.59 Å². The van der Waals surface area contributed by atoms with Crippen LogP contribution in [0.1, 0.15) is 23.1 Å². The van der Waals surface area contributed by atoms with Crippen molar-refractivity contribution in [2.24, 2.45) is 5.92 Å². The molecule has 124 valence electrons. The Labute approximate surface area is 142 Å². The highest BCUT2D eigenvalue weighted by atomic mass is 16.2. The van der Waals surface area contributed by atoms with Crippen LogP contribution >= 0.6 is 0 Å². The van der Waals surface area contributed by atoms with E-state index in [1.54, 1.807) is 4.90 Å². The number of rotatable bonds is 3. The quantitative estimate of drug-likeness (QED) is 0.878. The van der Waals surface area contributed by atoms with E-state index in [-0.39, 0.29) is 11.8 Å². The number of anilines is 2. The van der Waals surface area contributed by atoms with Crippen LogP contribution in [0.15, 0.2) is 42.5 Å². The molecule has 1 atom stereocenters. The number of carbonyl (C=O) groups excluding carboxylic acids is 2. The third-order valence-corrected chi connectivity index (χ3v) is 4.50. The van der Waals surface area contributed by atoms with E-state index in [4.69, 9.17) is 0 Å². The molecule has 1 fully saturated rings. The monoisotopic (exact) mass is 322 g/mol. The second-order valence-corrected chi connectivity index (χ2v) is 6.48. The van der Waals surface area contributed by atoms with Crippen LogP contribution in [0.5, 0.6) is 0 Å². The standard InChI is InChI=1S/C20H22N2O2/c1-13-5-8-16(9-6-13)21-19(23)17-10-11-22(20(17)24)18-12-14(2)4-7-15(18)3/h4-9,12,17H,10-11H2,1-3H3,(H,21,23). The number of nitrogens with zero attached hydrogens (tertiary/aromatic N) is 1. The number of benzene rings is 2. The minimum atomic E-state index is -0.619. The molecule has 1 N–H and O–H groups in total. The molecule has 0 aliphatic carbocycles. The molecule has 1 aliphatic heterocycles. The molecule has 2 amide bonds. The van der Waals surface area contributed by atoms with Gasteiger partial charge < -0.3 is 10.2 Å². The number of carbonyl (C=O) groups is 2. The molecule has 0 radical (unpaired) electrons. The Morgan fingerprint density at radius 1 is 1.04 bits per heavy atom. The first-order valence-electron chi connectivity index (χ1n) is 8.22. The van der Waals surface area contributed by atoms with Crippen molar-refractivity contribution in [3.63, 3.8) is 0 Å². The van der Waals surface area contributed by atoms with Gasteiger partial charge in [0.15, 0.2) is 0 Å². The first-order valence-corrected chi connectivity index (χ1v) is 8.22. The van der Waals surface area contributed by atoms with Gasteiger partial charge in [-0.1, -0.05) is 29.8 Å². The molecule has 1 saturated heterocycles. The van der Waals surface area contributed by atoms with Gasteiger partial charge in [-0.05, 0) is 56.5 Å². The molecular formula is C20H22N2O2. The predicted molar refractivity (Wildman–Crippen MR) is 96.2 cm³/mol. The van der Waals surface area contributed by atoms with Crippen molar-refractivity contribution < 1.29 is 9.59 Å². The molecule has 0 aromatic heterocycles. The third-order valence-electron chi connectivity index (χ3n) is 4.50. The molecule has 0 bridgehead atoms. The molecule has 1 aliphatic rings. The maximum Gasteiger partial charge on any atom is 0.239 e. The molecule has 2 aromatic carbocycles. The van der Waals surface area contributed by atoms with Gasteiger partial charge >= 0.3 is 0 Å². The Balaban J connectivity index is 1.74. The Bertz CT molecular complexity index is 781. The van der Waals surface area contributed by atoms with Gasteiger partial charge in [0.1, 0.15) is 5.92 Å². The fourth-order valence-electron chi connectivity index (χ4n) is 3.04. The number of aryl methyl sites for hydroxylation is 3. The van der Waals surface area contributed by atoms with Gasteiger partial charge in [0, 0.05) is 17.9 Å². The van der Waals surface area contributed by atoms with Gasteiger partial charge in [0.2, 0.25) is 11.8 Å². The Morgan fingerprint density at radius 2 is 1.71 bits per heavy atom. The van der Waals surface area contributed by atoms with E-state index in [2.05, 4.69) is 5.32 Å². The van der Waals surface area contributed by atoms with Crippen molar-refractivity contribution in [1.82, 2.24) is 0 Å². The molecule has 0 spiro atoms. The van der Waals surface area contributed by atoms with Crippen LogP contribution in [0.25, 0.3) is 0 Å². The van der Waals surface area contributed by atoms with Crippen LogP contribution in [0.4, 0.5) is 11.4 Å². The second kappa shape index (κ2) is 6.48. The zero-order chi connectivity index (χ0) is 17.3. The average molecular weight is 322 g/mol. The van der Waals surface area contributed by atoms with Crippen LogP contribution in [0.2, 0.25) is 0 Å². The third kappa shape index (κ3) is 3.18. The van der Waals surface area contributed by atoms with Crippen molar-refractivity contribution in [2.45, 2.75) is 27.2 Å². The van der Waals surface area contributed by atoms with Gasteiger partial charge in [-0.2, -0.15) is 0 Å². The van der Waals surface area contributed by atoms with E-state index in [1.807, 2.05) is 63.2 Å². The van der Waals surface area contributed by atoms with Crippen molar-refractivity contribution in [3.8, 4) is 0 Å². The first-order chi connectivity index (χ1) is 11.5. The summed E-state index contributed by atoms with van der Waals surface area (Å²) in [6.07, 6.45) is 0.546. The number of hydrogen-bond donors (Lipinski definition) is 1. The van der Waals surface area contributed by atoms with Gasteiger partial charge in [0.25, 0.3) is 0 Å². The van der Waals surface area contributed by atoms with Crippen molar-refractivity contribution in [2.75, 3.05) is 16.8 Å². The number of amides is 2. The molecule has 4 nitrogen and oxygen atoms in total. The summed E-state index contributed by atoms with van der Waals surface area (Å²) >= 11 is 0. The lowest BCUT2D eigenvalue weighted by atomic mass is 10.1. The zero-order valence-electron chi connectivity index (χ0n) is 14.3. The Morgan fingerprint density at radius 3 is 2.42 bits per heavy atom. The van der Waals surface area contributed by atoms with E-state index < -0.39 is 5.92 Å². The summed E-state index contributed by atoms with van der Waals surface area (Å²) in [5.41, 5.74) is 4.92. The normalized spacial score (nSPS) is 17.2. The zero-order valence-corrected chi connectivity index (χ0v) is 14.3. The molecule has 2 aromatic rings. The van der Waals surface area contributed by atoms with E-state index in [1.165, 1.54) is 0 Å². The van der Waals surface area contributed by atoms with Gasteiger partial charge in [-0.25, -0.2) is 0 Å². The first kappa shape index (κ1) is 16.2. The molecule has 3 rings (SSSR count). The van der Waals surface area contributed by atoms with Gasteiger partial charge in [0.05, 0.1) is 0 Å². The molecule has 1 heterocycles. The lowest BCUT2D eigenvalue weighted by Gasteiger charge is -2.19. The summed E-state index contributed by atoms with van der Waals surface area (Å²) in [6, 6.07) is 13.6. The topological polar surface area (TPSA) is 49.4 Å². The fraction of sp³-hybridized carbons (Fsp3) is 0.300. The average Bonchev–Trinajstić information content (AvgIpc) is 2.93. The van der Waals surface area contributed by atoms with Crippen LogP contribution in [-0.4, -0.2) is 18.4 Å². The fourth-order valence-corrected chi connectivity index (χ4v) is 3.04. The maximum absolute atomic E-state index is 12.7. The summed E-state index contributed by atoms with van der Waals surface area (Å²) in [4.78, 5) is 26.9. The minimum absolute atomic E-state index is 0.117. The highest BCUT2D eigenvalue weighted by molar-refractivity contribution is 6.13. The van der Waals surface area contributed by atoms with Gasteiger partial charge in [-0.3, -0.25) is 9.59 Å². The Kier molecular flexibility index (Phi) is 4.38. The molecule has 24 heavy (non-hydrogen) atoms. The molecular weight excluding hydrogens is 300 g/mol. The minimum Gasteiger partial charge on any atom is -0.325 e. The number of nitrogens with one attached hydrogen (secondary N) is 1. The van der Waals surface area contributed by atoms with Crippen LogP contribution in [0.3, 0.4) is 0 Å². The lowest BCUT2D eigenvalue weighted by Crippen LogP contribution is -2.33. The molecule has 4 heteroatoms. The predicted octanol–water partition coefficient (Wildman–Crippen LogP) is 3.60. The van der Waals surface area contributed by atoms with Crippen molar-refractivity contribution in [3.05, 3.63) is 59.2 Å². The van der Waals surface area contributed by atoms with Crippen molar-refractivity contribution >= 4 is 23.2 Å². The molecule has 0 saturated carbocycles. The van der Waals surface area contributed by atoms with E-state index in [0.29, 0.717) is 13.0 Å². The highest BCUT2D eigenvalue weighted by Gasteiger charge is 2.38. The van der Waals surface area contributed by atoms with Crippen LogP contribution < -0.4 is 10.2 Å². The number of hydrogen-bond acceptors (Lipinski definition) is 2. The van der Waals surface area contributed by atoms with E-state index >= 15 is 0 Å². The smallest absolute Gasteiger partial charge is 0.239 e. The van der Waals surface area contributed by atoms with Crippen molar-refractivity contribution in [1.29, 1.82) is 0 Å². The Hall–Kier alpha value is -2.62. The second-order valence-electron chi connectivity index (χ2n) is 6.48. The maximum atomic E-state index is 12.7. The van der Waals surface area contributed by atoms with Crippen LogP contribution in [-0.2, 0) is 9.59 Å². The van der Waals surface area contributed by atoms with Crippen LogP contribution in [0, 0.1) is 26.7 Å². The lowest BCUT2D eigenvalue weighted by molar-refractivity contribution is -0.129. The van der Waals surface area contributed by atoms with Gasteiger partial charge in [-0.15, -0.1) is 0 Å². The summed E-state index contributed by atoms with van der Waals surface area (Å²) in [6.45, 7) is 6.57. The summed E-state index contributed by atoms with van der Waals surface area (Å²) in [7, 11) is 0. The summed E-state index contributed by atoms with van der Waals surface area (Å²) in [5.74, 6) is -0.962. The largest absolute Gasteiger partial charge is 0.325 e. The summed E-state index contributed by atoms with van der Waals surface area (Å²) < 4.78 is 0. The van der Waals surface area contributed by atoms with E-state index in [0.717, 1.165) is 28.1 Å². The molecule has 1 unspecified atom stereocenters.